The first-order valence-corrected chi connectivity index (χ1v) is 18.9. The fourth-order valence-corrected chi connectivity index (χ4v) is 8.60. The number of aromatic nitrogens is 2. The van der Waals surface area contributed by atoms with Crippen LogP contribution in [-0.2, 0) is 0 Å². The molecule has 260 valence electrons. The predicted octanol–water partition coefficient (Wildman–Crippen LogP) is 14.4. The van der Waals surface area contributed by atoms with Gasteiger partial charge in [-0.3, -0.25) is 0 Å². The Morgan fingerprint density at radius 2 is 0.714 bits per heavy atom. The molecule has 0 amide bonds. The minimum Gasteiger partial charge on any atom is -0.456 e. The molecule has 0 fully saturated rings. The van der Waals surface area contributed by atoms with Crippen LogP contribution in [-0.4, -0.2) is 9.97 Å². The van der Waals surface area contributed by atoms with Crippen molar-refractivity contribution in [3.8, 4) is 44.9 Å². The van der Waals surface area contributed by atoms with Gasteiger partial charge in [-0.25, -0.2) is 4.98 Å². The lowest BCUT2D eigenvalue weighted by Gasteiger charge is -2.12. The molecule has 0 aliphatic carbocycles. The number of benzene rings is 9. The lowest BCUT2D eigenvalue weighted by Crippen LogP contribution is -1.93. The first-order chi connectivity index (χ1) is 27.7. The standard InChI is InChI=1S/C52H30N2O2/c1-3-11-31(12-4-1)50-49-45-30-36(22-26-48(45)56-52(49)54-51(53-50)32-13-5-2-6-14-32)35-21-25-47-44(29-35)43-28-34(20-24-46(43)55-47)33-19-23-41-39-17-8-7-15-37(39)38-16-9-10-18-40(38)42(41)27-33/h1-30H. The third kappa shape index (κ3) is 4.73. The van der Waals surface area contributed by atoms with E-state index in [2.05, 4.69) is 127 Å². The normalized spacial score (nSPS) is 11.9. The smallest absolute Gasteiger partial charge is 0.231 e. The molecule has 0 N–H and O–H groups in total. The van der Waals surface area contributed by atoms with E-state index in [1.807, 2.05) is 54.6 Å². The molecule has 4 heteroatoms. The Balaban J connectivity index is 1.00. The van der Waals surface area contributed by atoms with Crippen LogP contribution in [0.1, 0.15) is 0 Å². The van der Waals surface area contributed by atoms with Gasteiger partial charge < -0.3 is 8.83 Å². The lowest BCUT2D eigenvalue weighted by atomic mass is 9.92. The molecule has 3 aromatic heterocycles. The van der Waals surface area contributed by atoms with E-state index in [-0.39, 0.29) is 0 Å². The van der Waals surface area contributed by atoms with Gasteiger partial charge in [0.05, 0.1) is 11.1 Å². The van der Waals surface area contributed by atoms with Crippen molar-refractivity contribution in [1.82, 2.24) is 9.97 Å². The number of rotatable bonds is 4. The molecule has 0 aliphatic rings. The molecule has 0 aliphatic heterocycles. The van der Waals surface area contributed by atoms with Crippen molar-refractivity contribution in [2.24, 2.45) is 0 Å². The van der Waals surface area contributed by atoms with Crippen molar-refractivity contribution < 1.29 is 8.83 Å². The minimum atomic E-state index is 0.573. The number of nitrogens with zero attached hydrogens (tertiary/aromatic N) is 2. The Morgan fingerprint density at radius 1 is 0.286 bits per heavy atom. The molecule has 0 saturated carbocycles. The lowest BCUT2D eigenvalue weighted by molar-refractivity contribution is 0.653. The van der Waals surface area contributed by atoms with Gasteiger partial charge >= 0.3 is 0 Å². The van der Waals surface area contributed by atoms with Gasteiger partial charge in [0.25, 0.3) is 0 Å². The molecular weight excluding hydrogens is 685 g/mol. The second-order valence-electron chi connectivity index (χ2n) is 14.5. The van der Waals surface area contributed by atoms with E-state index in [0.29, 0.717) is 11.5 Å². The van der Waals surface area contributed by atoms with Gasteiger partial charge in [0, 0.05) is 27.3 Å². The van der Waals surface area contributed by atoms with Gasteiger partial charge in [-0.2, -0.15) is 4.98 Å². The molecule has 0 radical (unpaired) electrons. The summed E-state index contributed by atoms with van der Waals surface area (Å²) in [5, 5.41) is 11.7. The summed E-state index contributed by atoms with van der Waals surface area (Å²) in [6, 6.07) is 64.1. The number of hydrogen-bond donors (Lipinski definition) is 0. The van der Waals surface area contributed by atoms with Crippen LogP contribution in [0.15, 0.2) is 191 Å². The van der Waals surface area contributed by atoms with Crippen LogP contribution < -0.4 is 0 Å². The molecule has 0 spiro atoms. The summed E-state index contributed by atoms with van der Waals surface area (Å²) in [4.78, 5) is 10.1. The molecule has 0 bridgehead atoms. The van der Waals surface area contributed by atoms with Gasteiger partial charge in [0.15, 0.2) is 5.82 Å². The molecule has 9 aromatic carbocycles. The van der Waals surface area contributed by atoms with Crippen LogP contribution in [0.4, 0.5) is 0 Å². The first kappa shape index (κ1) is 30.9. The van der Waals surface area contributed by atoms with Gasteiger partial charge in [0.2, 0.25) is 5.71 Å². The summed E-state index contributed by atoms with van der Waals surface area (Å²) in [7, 11) is 0. The number of furan rings is 2. The maximum Gasteiger partial charge on any atom is 0.231 e. The van der Waals surface area contributed by atoms with Crippen molar-refractivity contribution in [2.75, 3.05) is 0 Å². The summed E-state index contributed by atoms with van der Waals surface area (Å²) < 4.78 is 12.9. The fraction of sp³-hybridized carbons (Fsp3) is 0. The van der Waals surface area contributed by atoms with Crippen LogP contribution in [0.2, 0.25) is 0 Å². The Kier molecular flexibility index (Phi) is 6.60. The molecule has 0 unspecified atom stereocenters. The van der Waals surface area contributed by atoms with E-state index >= 15 is 0 Å². The molecule has 4 nitrogen and oxygen atoms in total. The van der Waals surface area contributed by atoms with Crippen molar-refractivity contribution in [1.29, 1.82) is 0 Å². The van der Waals surface area contributed by atoms with Crippen LogP contribution in [0.25, 0.3) is 121 Å². The molecule has 12 aromatic rings. The SMILES string of the molecule is c1ccc(-c2nc(-c3ccccc3)c3c(n2)oc2ccc(-c4ccc5oc6ccc(-c7ccc8c9ccccc9c9ccccc9c8c7)cc6c5c4)cc23)cc1. The second kappa shape index (κ2) is 12.0. The Hall–Kier alpha value is -7.56. The summed E-state index contributed by atoms with van der Waals surface area (Å²) in [5.74, 6) is 0.637. The number of fused-ring (bicyclic) bond motifs is 12. The van der Waals surface area contributed by atoms with E-state index in [1.165, 1.54) is 37.9 Å². The average molecular weight is 715 g/mol. The summed E-state index contributed by atoms with van der Waals surface area (Å²) in [6.07, 6.45) is 0. The quantitative estimate of drug-likeness (QED) is 0.170. The van der Waals surface area contributed by atoms with E-state index in [0.717, 1.165) is 71.8 Å². The topological polar surface area (TPSA) is 52.1 Å². The van der Waals surface area contributed by atoms with Crippen molar-refractivity contribution in [2.45, 2.75) is 0 Å². The average Bonchev–Trinajstić information content (AvgIpc) is 3.84. The van der Waals surface area contributed by atoms with Crippen LogP contribution in [0.3, 0.4) is 0 Å². The molecule has 3 heterocycles. The fourth-order valence-electron chi connectivity index (χ4n) is 8.60. The van der Waals surface area contributed by atoms with Gasteiger partial charge in [-0.05, 0) is 97.0 Å². The van der Waals surface area contributed by atoms with Gasteiger partial charge in [-0.1, -0.05) is 140 Å². The highest BCUT2D eigenvalue weighted by atomic mass is 16.3. The Bertz CT molecular complexity index is 3490. The first-order valence-electron chi connectivity index (χ1n) is 18.9. The number of hydrogen-bond acceptors (Lipinski definition) is 4. The zero-order valence-electron chi connectivity index (χ0n) is 30.0. The molecule has 56 heavy (non-hydrogen) atoms. The molecule has 12 rings (SSSR count). The second-order valence-corrected chi connectivity index (χ2v) is 14.5. The zero-order chi connectivity index (χ0) is 36.7. The minimum absolute atomic E-state index is 0.573. The predicted molar refractivity (Wildman–Crippen MR) is 231 cm³/mol. The highest BCUT2D eigenvalue weighted by molar-refractivity contribution is 6.26. The largest absolute Gasteiger partial charge is 0.456 e. The van der Waals surface area contributed by atoms with E-state index in [9.17, 15) is 0 Å². The van der Waals surface area contributed by atoms with Gasteiger partial charge in [-0.15, -0.1) is 0 Å². The maximum absolute atomic E-state index is 6.44. The zero-order valence-corrected chi connectivity index (χ0v) is 30.0. The summed E-state index contributed by atoms with van der Waals surface area (Å²) in [6.45, 7) is 0. The van der Waals surface area contributed by atoms with Crippen LogP contribution in [0, 0.1) is 0 Å². The van der Waals surface area contributed by atoms with Crippen molar-refractivity contribution in [3.63, 3.8) is 0 Å². The molecular formula is C52H30N2O2. The third-order valence-corrected chi connectivity index (χ3v) is 11.3. The van der Waals surface area contributed by atoms with Crippen LogP contribution in [0.5, 0.6) is 0 Å². The molecule has 0 atom stereocenters. The highest BCUT2D eigenvalue weighted by Crippen LogP contribution is 2.41. The van der Waals surface area contributed by atoms with E-state index in [4.69, 9.17) is 18.8 Å². The summed E-state index contributed by atoms with van der Waals surface area (Å²) in [5.41, 5.74) is 10.4. The van der Waals surface area contributed by atoms with Crippen LogP contribution >= 0.6 is 0 Å². The molecule has 0 saturated heterocycles. The Morgan fingerprint density at radius 3 is 1.29 bits per heavy atom. The monoisotopic (exact) mass is 714 g/mol. The highest BCUT2D eigenvalue weighted by Gasteiger charge is 2.19. The Labute approximate surface area is 320 Å². The van der Waals surface area contributed by atoms with Gasteiger partial charge in [0.1, 0.15) is 16.7 Å². The van der Waals surface area contributed by atoms with E-state index in [1.54, 1.807) is 0 Å². The maximum atomic E-state index is 6.44. The van der Waals surface area contributed by atoms with Crippen molar-refractivity contribution in [3.05, 3.63) is 182 Å². The third-order valence-electron chi connectivity index (χ3n) is 11.3. The summed E-state index contributed by atoms with van der Waals surface area (Å²) >= 11 is 0. The van der Waals surface area contributed by atoms with E-state index < -0.39 is 0 Å². The van der Waals surface area contributed by atoms with Crippen molar-refractivity contribution >= 4 is 76.3 Å².